The smallest absolute Gasteiger partial charge is 0.338 e. The number of carbonyl (C=O) groups is 1. The van der Waals surface area contributed by atoms with E-state index in [1.165, 1.54) is 0 Å². The molecule has 3 rings (SSSR count). The molecule has 1 aliphatic heterocycles. The Bertz CT molecular complexity index is 353. The molecule has 2 bridgehead atoms. The van der Waals surface area contributed by atoms with Crippen molar-refractivity contribution in [3.8, 4) is 0 Å². The number of hydrogen-bond acceptors (Lipinski definition) is 3. The third-order valence-electron chi connectivity index (χ3n) is 3.42. The average Bonchev–Trinajstić information content (AvgIpc) is 2.82. The number of ether oxygens (including phenoxy) is 2. The lowest BCUT2D eigenvalue weighted by atomic mass is 9.91. The summed E-state index contributed by atoms with van der Waals surface area (Å²) in [5.74, 6) is -1.02. The lowest BCUT2D eigenvalue weighted by molar-refractivity contribution is -0.188. The van der Waals surface area contributed by atoms with Crippen LogP contribution in [-0.2, 0) is 14.3 Å². The topological polar surface area (TPSA) is 71.9 Å². The molecule has 3 fully saturated rings. The summed E-state index contributed by atoms with van der Waals surface area (Å²) in [5, 5.41) is 0. The monoisotopic (exact) mass is 194 g/mol. The molecular weight excluding hydrogens is 184 g/mol. The number of ketones is 1. The highest BCUT2D eigenvalue weighted by molar-refractivity contribution is 6.41. The molecule has 0 aromatic heterocycles. The zero-order chi connectivity index (χ0) is 9.76. The van der Waals surface area contributed by atoms with Gasteiger partial charge in [0.2, 0.25) is 5.78 Å². The number of hydrogen-bond donors (Lipinski definition) is 0. The molecule has 0 aromatic carbocycles. The molecule has 5 heteroatoms. The van der Waals surface area contributed by atoms with Crippen molar-refractivity contribution in [1.82, 2.24) is 0 Å². The quantitative estimate of drug-likeness (QED) is 0.402. The lowest BCUT2D eigenvalue weighted by Gasteiger charge is -2.28. The molecule has 0 radical (unpaired) electrons. The van der Waals surface area contributed by atoms with Crippen molar-refractivity contribution in [2.24, 2.45) is 11.8 Å². The van der Waals surface area contributed by atoms with Gasteiger partial charge in [0.05, 0.1) is 25.0 Å². The van der Waals surface area contributed by atoms with Crippen molar-refractivity contribution in [2.45, 2.75) is 18.6 Å². The third kappa shape index (κ3) is 0.798. The van der Waals surface area contributed by atoms with E-state index in [9.17, 15) is 4.79 Å². The van der Waals surface area contributed by atoms with Crippen LogP contribution in [0.2, 0.25) is 0 Å². The number of Topliss-reactive ketones (excluding diaryl/α,β-unsaturated/α-hetero) is 1. The van der Waals surface area contributed by atoms with Gasteiger partial charge in [-0.3, -0.25) is 4.79 Å². The first kappa shape index (κ1) is 8.29. The molecule has 2 saturated carbocycles. The third-order valence-corrected chi connectivity index (χ3v) is 3.42. The summed E-state index contributed by atoms with van der Waals surface area (Å²) in [6, 6.07) is 0. The van der Waals surface area contributed by atoms with E-state index >= 15 is 0 Å². The SMILES string of the molecule is [N-]=[N+]=C1C(=O)[C@H]2C[C@@H]1CC21OCCO1. The van der Waals surface area contributed by atoms with Gasteiger partial charge in [0.25, 0.3) is 0 Å². The molecule has 0 unspecified atom stereocenters. The highest BCUT2D eigenvalue weighted by Crippen LogP contribution is 2.51. The predicted octanol–water partition coefficient (Wildman–Crippen LogP) is 0.00920. The molecule has 5 nitrogen and oxygen atoms in total. The molecule has 0 amide bonds. The second-order valence-electron chi connectivity index (χ2n) is 4.05. The van der Waals surface area contributed by atoms with Gasteiger partial charge in [0.15, 0.2) is 5.79 Å². The second kappa shape index (κ2) is 2.51. The van der Waals surface area contributed by atoms with Crippen LogP contribution in [0.4, 0.5) is 0 Å². The van der Waals surface area contributed by atoms with E-state index in [0.717, 1.165) is 0 Å². The van der Waals surface area contributed by atoms with Gasteiger partial charge >= 0.3 is 5.71 Å². The lowest BCUT2D eigenvalue weighted by Crippen LogP contribution is -2.44. The Kier molecular flexibility index (Phi) is 1.49. The van der Waals surface area contributed by atoms with Crippen molar-refractivity contribution in [1.29, 1.82) is 0 Å². The zero-order valence-electron chi connectivity index (χ0n) is 7.60. The van der Waals surface area contributed by atoms with Gasteiger partial charge in [-0.15, -0.1) is 0 Å². The summed E-state index contributed by atoms with van der Waals surface area (Å²) in [6.45, 7) is 1.12. The molecule has 3 aliphatic rings. The van der Waals surface area contributed by atoms with Crippen molar-refractivity contribution in [2.75, 3.05) is 13.2 Å². The van der Waals surface area contributed by atoms with E-state index in [1.807, 2.05) is 0 Å². The summed E-state index contributed by atoms with van der Waals surface area (Å²) in [4.78, 5) is 14.8. The summed E-state index contributed by atoms with van der Waals surface area (Å²) in [6.07, 6.45) is 1.36. The Balaban J connectivity index is 1.99. The molecule has 1 heterocycles. The molecule has 0 aromatic rings. The average molecular weight is 194 g/mol. The predicted molar refractivity (Wildman–Crippen MR) is 44.5 cm³/mol. The minimum Gasteiger partial charge on any atom is -0.361 e. The largest absolute Gasteiger partial charge is 0.361 e. The van der Waals surface area contributed by atoms with E-state index in [-0.39, 0.29) is 17.6 Å². The molecule has 14 heavy (non-hydrogen) atoms. The first-order valence-corrected chi connectivity index (χ1v) is 4.81. The Morgan fingerprint density at radius 2 is 2.14 bits per heavy atom. The zero-order valence-corrected chi connectivity index (χ0v) is 7.60. The molecule has 1 spiro atoms. The standard InChI is InChI=1S/C9H10N2O3/c10-11-7-5-3-6(8(7)12)9(4-5)13-1-2-14-9/h5-6H,1-4H2/t5-,6-/m1/s1. The molecule has 2 aliphatic carbocycles. The van der Waals surface area contributed by atoms with Crippen molar-refractivity contribution in [3.05, 3.63) is 5.53 Å². The van der Waals surface area contributed by atoms with Crippen LogP contribution in [0.25, 0.3) is 5.53 Å². The van der Waals surface area contributed by atoms with Gasteiger partial charge in [0, 0.05) is 6.42 Å². The fraction of sp³-hybridized carbons (Fsp3) is 0.778. The minimum atomic E-state index is -0.685. The molecular formula is C9H10N2O3. The summed E-state index contributed by atoms with van der Waals surface area (Å²) >= 11 is 0. The van der Waals surface area contributed by atoms with E-state index in [4.69, 9.17) is 15.0 Å². The van der Waals surface area contributed by atoms with Crippen molar-refractivity contribution >= 4 is 11.5 Å². The second-order valence-corrected chi connectivity index (χ2v) is 4.05. The van der Waals surface area contributed by atoms with Crippen LogP contribution >= 0.6 is 0 Å². The molecule has 0 N–H and O–H groups in total. The normalized spacial score (nSPS) is 38.3. The van der Waals surface area contributed by atoms with Gasteiger partial charge in [-0.05, 0) is 6.42 Å². The highest BCUT2D eigenvalue weighted by Gasteiger charge is 2.65. The van der Waals surface area contributed by atoms with Gasteiger partial charge in [-0.25, -0.2) is 0 Å². The Hall–Kier alpha value is -1.03. The van der Waals surface area contributed by atoms with E-state index in [2.05, 4.69) is 4.79 Å². The number of rotatable bonds is 0. The first-order valence-electron chi connectivity index (χ1n) is 4.81. The van der Waals surface area contributed by atoms with Gasteiger partial charge < -0.3 is 15.0 Å². The highest BCUT2D eigenvalue weighted by atomic mass is 16.7. The van der Waals surface area contributed by atoms with Crippen LogP contribution in [0.3, 0.4) is 0 Å². The van der Waals surface area contributed by atoms with E-state index < -0.39 is 5.79 Å². The maximum atomic E-state index is 11.7. The first-order chi connectivity index (χ1) is 6.77. The Morgan fingerprint density at radius 1 is 1.43 bits per heavy atom. The number of fused-ring (bicyclic) bond motifs is 3. The summed E-state index contributed by atoms with van der Waals surface area (Å²) in [5.41, 5.74) is 8.98. The Labute approximate surface area is 80.6 Å². The van der Waals surface area contributed by atoms with Crippen LogP contribution in [0.1, 0.15) is 12.8 Å². The Morgan fingerprint density at radius 3 is 2.71 bits per heavy atom. The summed E-state index contributed by atoms with van der Waals surface area (Å²) < 4.78 is 11.0. The number of nitrogens with zero attached hydrogens (tertiary/aromatic N) is 2. The van der Waals surface area contributed by atoms with Crippen molar-refractivity contribution < 1.29 is 19.1 Å². The van der Waals surface area contributed by atoms with E-state index in [1.54, 1.807) is 0 Å². The maximum absolute atomic E-state index is 11.7. The fourth-order valence-corrected chi connectivity index (χ4v) is 2.85. The van der Waals surface area contributed by atoms with Crippen LogP contribution < -0.4 is 0 Å². The van der Waals surface area contributed by atoms with Gasteiger partial charge in [-0.1, -0.05) is 0 Å². The maximum Gasteiger partial charge on any atom is 0.338 e. The van der Waals surface area contributed by atoms with Crippen LogP contribution in [0.15, 0.2) is 0 Å². The van der Waals surface area contributed by atoms with Gasteiger partial charge in [-0.2, -0.15) is 4.79 Å². The molecule has 74 valence electrons. The fourth-order valence-electron chi connectivity index (χ4n) is 2.85. The minimum absolute atomic E-state index is 0.0237. The van der Waals surface area contributed by atoms with Crippen molar-refractivity contribution in [3.63, 3.8) is 0 Å². The van der Waals surface area contributed by atoms with Crippen LogP contribution in [0.5, 0.6) is 0 Å². The van der Waals surface area contributed by atoms with E-state index in [0.29, 0.717) is 31.8 Å². The van der Waals surface area contributed by atoms with Crippen LogP contribution in [-0.4, -0.2) is 35.3 Å². The summed E-state index contributed by atoms with van der Waals surface area (Å²) in [7, 11) is 0. The van der Waals surface area contributed by atoms with Crippen LogP contribution in [0, 0.1) is 11.8 Å². The number of carbonyl (C=O) groups excluding carboxylic acids is 1. The molecule has 1 saturated heterocycles. The van der Waals surface area contributed by atoms with Gasteiger partial charge in [0.1, 0.15) is 0 Å². The molecule has 2 atom stereocenters.